The second-order valence-corrected chi connectivity index (χ2v) is 6.68. The highest BCUT2D eigenvalue weighted by molar-refractivity contribution is 6.31. The number of anilines is 2. The fraction of sp³-hybridized carbons (Fsp3) is 0.0455. The van der Waals surface area contributed by atoms with Crippen molar-refractivity contribution < 1.29 is 5.11 Å². The first-order valence-corrected chi connectivity index (χ1v) is 8.69. The van der Waals surface area contributed by atoms with Crippen LogP contribution in [0.2, 0.25) is 5.02 Å². The van der Waals surface area contributed by atoms with Gasteiger partial charge in [0.1, 0.15) is 5.75 Å². The van der Waals surface area contributed by atoms with Crippen molar-refractivity contribution in [2.75, 3.05) is 5.32 Å². The van der Waals surface area contributed by atoms with Crippen LogP contribution in [0.1, 0.15) is 5.56 Å². The van der Waals surface area contributed by atoms with Crippen molar-refractivity contribution in [3.63, 3.8) is 0 Å². The average Bonchev–Trinajstić information content (AvgIpc) is 2.64. The molecule has 1 aromatic heterocycles. The van der Waals surface area contributed by atoms with Gasteiger partial charge in [-0.3, -0.25) is 4.98 Å². The zero-order valence-corrected chi connectivity index (χ0v) is 15.0. The minimum absolute atomic E-state index is 0.255. The Morgan fingerprint density at radius 3 is 2.54 bits per heavy atom. The molecule has 0 bridgehead atoms. The molecular formula is C22H17ClN2O. The Morgan fingerprint density at radius 1 is 0.923 bits per heavy atom. The Balaban J connectivity index is 1.74. The number of halogens is 1. The Kier molecular flexibility index (Phi) is 4.23. The van der Waals surface area contributed by atoms with Crippen LogP contribution in [-0.4, -0.2) is 10.1 Å². The third-order valence-electron chi connectivity index (χ3n) is 4.34. The van der Waals surface area contributed by atoms with Crippen LogP contribution in [0.3, 0.4) is 0 Å². The Labute approximate surface area is 156 Å². The number of nitrogens with one attached hydrogen (secondary N) is 1. The first-order chi connectivity index (χ1) is 12.6. The highest BCUT2D eigenvalue weighted by Crippen LogP contribution is 2.34. The van der Waals surface area contributed by atoms with E-state index in [4.69, 9.17) is 11.6 Å². The van der Waals surface area contributed by atoms with E-state index in [1.54, 1.807) is 12.3 Å². The van der Waals surface area contributed by atoms with E-state index in [0.29, 0.717) is 5.02 Å². The first kappa shape index (κ1) is 16.4. The van der Waals surface area contributed by atoms with Gasteiger partial charge in [-0.1, -0.05) is 41.4 Å². The maximum Gasteiger partial charge on any atom is 0.123 e. The van der Waals surface area contributed by atoms with Crippen molar-refractivity contribution in [3.8, 4) is 16.9 Å². The summed E-state index contributed by atoms with van der Waals surface area (Å²) >= 11 is 6.06. The molecule has 4 rings (SSSR count). The number of nitrogens with zero attached hydrogens (tertiary/aromatic N) is 1. The van der Waals surface area contributed by atoms with E-state index < -0.39 is 0 Å². The van der Waals surface area contributed by atoms with Gasteiger partial charge in [0.05, 0.1) is 5.52 Å². The standard InChI is InChI=1S/C22H17ClN2O/c1-14-2-4-15(5-3-14)19-13-17(7-9-22(19)26)25-20-10-11-24-21-12-16(23)6-8-18(20)21/h2-13,26H,1H3,(H,24,25). The number of hydrogen-bond donors (Lipinski definition) is 2. The fourth-order valence-electron chi connectivity index (χ4n) is 2.96. The molecule has 0 amide bonds. The molecule has 0 aliphatic carbocycles. The molecule has 0 aliphatic heterocycles. The number of aryl methyl sites for hydroxylation is 1. The zero-order chi connectivity index (χ0) is 18.1. The topological polar surface area (TPSA) is 45.2 Å². The van der Waals surface area contributed by atoms with Crippen LogP contribution in [0, 0.1) is 6.92 Å². The smallest absolute Gasteiger partial charge is 0.123 e. The number of aromatic hydroxyl groups is 1. The molecule has 0 aliphatic rings. The van der Waals surface area contributed by atoms with Gasteiger partial charge in [-0.15, -0.1) is 0 Å². The number of fused-ring (bicyclic) bond motifs is 1. The summed E-state index contributed by atoms with van der Waals surface area (Å²) in [5.74, 6) is 0.255. The largest absolute Gasteiger partial charge is 0.507 e. The number of aromatic nitrogens is 1. The number of phenols is 1. The molecule has 4 aromatic rings. The molecule has 3 aromatic carbocycles. The van der Waals surface area contributed by atoms with Gasteiger partial charge in [0.2, 0.25) is 0 Å². The minimum atomic E-state index is 0.255. The Morgan fingerprint density at radius 2 is 1.73 bits per heavy atom. The van der Waals surface area contributed by atoms with Gasteiger partial charge in [0, 0.05) is 33.5 Å². The molecule has 0 fully saturated rings. The van der Waals surface area contributed by atoms with E-state index in [2.05, 4.69) is 10.3 Å². The predicted octanol–water partition coefficient (Wildman–Crippen LogP) is 6.31. The predicted molar refractivity (Wildman–Crippen MR) is 108 cm³/mol. The van der Waals surface area contributed by atoms with Crippen LogP contribution >= 0.6 is 11.6 Å². The summed E-state index contributed by atoms with van der Waals surface area (Å²) in [5, 5.41) is 15.3. The molecule has 0 radical (unpaired) electrons. The lowest BCUT2D eigenvalue weighted by Crippen LogP contribution is -1.93. The number of phenolic OH excluding ortho intramolecular Hbond substituents is 1. The molecule has 0 unspecified atom stereocenters. The van der Waals surface area contributed by atoms with Gasteiger partial charge in [0.25, 0.3) is 0 Å². The quantitative estimate of drug-likeness (QED) is 0.420. The summed E-state index contributed by atoms with van der Waals surface area (Å²) < 4.78 is 0. The van der Waals surface area contributed by atoms with Crippen molar-refractivity contribution in [1.82, 2.24) is 4.98 Å². The number of benzene rings is 3. The lowest BCUT2D eigenvalue weighted by molar-refractivity contribution is 0.477. The summed E-state index contributed by atoms with van der Waals surface area (Å²) in [4.78, 5) is 4.37. The van der Waals surface area contributed by atoms with Crippen molar-refractivity contribution in [3.05, 3.63) is 83.5 Å². The second-order valence-electron chi connectivity index (χ2n) is 6.24. The van der Waals surface area contributed by atoms with Gasteiger partial charge < -0.3 is 10.4 Å². The van der Waals surface area contributed by atoms with E-state index in [1.165, 1.54) is 5.56 Å². The van der Waals surface area contributed by atoms with Crippen molar-refractivity contribution in [1.29, 1.82) is 0 Å². The SMILES string of the molecule is Cc1ccc(-c2cc(Nc3ccnc4cc(Cl)ccc34)ccc2O)cc1. The molecule has 0 atom stereocenters. The van der Waals surface area contributed by atoms with E-state index in [9.17, 15) is 5.11 Å². The van der Waals surface area contributed by atoms with Crippen molar-refractivity contribution >= 4 is 33.9 Å². The van der Waals surface area contributed by atoms with Crippen molar-refractivity contribution in [2.24, 2.45) is 0 Å². The van der Waals surface area contributed by atoms with Gasteiger partial charge in [-0.2, -0.15) is 0 Å². The molecule has 4 heteroatoms. The van der Waals surface area contributed by atoms with Crippen LogP contribution in [0.15, 0.2) is 72.9 Å². The van der Waals surface area contributed by atoms with Crippen LogP contribution in [-0.2, 0) is 0 Å². The molecular weight excluding hydrogens is 344 g/mol. The van der Waals surface area contributed by atoms with Crippen LogP contribution in [0.4, 0.5) is 11.4 Å². The van der Waals surface area contributed by atoms with Gasteiger partial charge in [-0.05, 0) is 55.0 Å². The number of rotatable bonds is 3. The molecule has 1 heterocycles. The third kappa shape index (κ3) is 3.22. The van der Waals surface area contributed by atoms with Gasteiger partial charge in [-0.25, -0.2) is 0 Å². The minimum Gasteiger partial charge on any atom is -0.507 e. The normalized spacial score (nSPS) is 10.8. The molecule has 128 valence electrons. The second kappa shape index (κ2) is 6.70. The first-order valence-electron chi connectivity index (χ1n) is 8.31. The number of hydrogen-bond acceptors (Lipinski definition) is 3. The summed E-state index contributed by atoms with van der Waals surface area (Å²) in [7, 11) is 0. The molecule has 0 saturated heterocycles. The maximum absolute atomic E-state index is 10.3. The summed E-state index contributed by atoms with van der Waals surface area (Å²) in [6.45, 7) is 2.04. The van der Waals surface area contributed by atoms with E-state index >= 15 is 0 Å². The summed E-state index contributed by atoms with van der Waals surface area (Å²) in [6.07, 6.45) is 1.75. The summed E-state index contributed by atoms with van der Waals surface area (Å²) in [6, 6.07) is 21.2. The Hall–Kier alpha value is -3.04. The fourth-order valence-corrected chi connectivity index (χ4v) is 3.13. The van der Waals surface area contributed by atoms with Crippen LogP contribution in [0.25, 0.3) is 22.0 Å². The molecule has 26 heavy (non-hydrogen) atoms. The molecule has 0 saturated carbocycles. The van der Waals surface area contributed by atoms with Crippen LogP contribution < -0.4 is 5.32 Å². The van der Waals surface area contributed by atoms with E-state index in [0.717, 1.165) is 33.4 Å². The Bertz CT molecular complexity index is 1090. The monoisotopic (exact) mass is 360 g/mol. The van der Waals surface area contributed by atoms with E-state index in [-0.39, 0.29) is 5.75 Å². The zero-order valence-electron chi connectivity index (χ0n) is 14.2. The number of pyridine rings is 1. The molecule has 0 spiro atoms. The molecule has 3 nitrogen and oxygen atoms in total. The van der Waals surface area contributed by atoms with Gasteiger partial charge in [0.15, 0.2) is 0 Å². The van der Waals surface area contributed by atoms with Crippen LogP contribution in [0.5, 0.6) is 5.75 Å². The highest BCUT2D eigenvalue weighted by atomic mass is 35.5. The van der Waals surface area contributed by atoms with Crippen molar-refractivity contribution in [2.45, 2.75) is 6.92 Å². The lowest BCUT2D eigenvalue weighted by atomic mass is 10.0. The maximum atomic E-state index is 10.3. The average molecular weight is 361 g/mol. The highest BCUT2D eigenvalue weighted by Gasteiger charge is 2.08. The third-order valence-corrected chi connectivity index (χ3v) is 4.58. The molecule has 2 N–H and O–H groups in total. The van der Waals surface area contributed by atoms with E-state index in [1.807, 2.05) is 67.6 Å². The summed E-state index contributed by atoms with van der Waals surface area (Å²) in [5.41, 5.74) is 5.61. The van der Waals surface area contributed by atoms with Gasteiger partial charge >= 0.3 is 0 Å². The lowest BCUT2D eigenvalue weighted by Gasteiger charge is -2.12.